The number of rotatable bonds is 2. The number of H-pyrrole nitrogens is 1. The smallest absolute Gasteiger partial charge is 0.286 e. The van der Waals surface area contributed by atoms with Gasteiger partial charge in [-0.3, -0.25) is 20.0 Å². The predicted molar refractivity (Wildman–Crippen MR) is 62.8 cm³/mol. The minimum Gasteiger partial charge on any atom is -0.286 e. The highest BCUT2D eigenvalue weighted by atomic mass is 19.4. The molecular formula is C11H8F3N3O3. The lowest BCUT2D eigenvalue weighted by Gasteiger charge is -2.04. The second-order valence-corrected chi connectivity index (χ2v) is 4.03. The number of nitro groups is 1. The molecule has 0 atom stereocenters. The molecule has 0 amide bonds. The quantitative estimate of drug-likeness (QED) is 0.680. The van der Waals surface area contributed by atoms with Gasteiger partial charge in [-0.1, -0.05) is 6.07 Å². The molecule has 20 heavy (non-hydrogen) atoms. The lowest BCUT2D eigenvalue weighted by Crippen LogP contribution is -2.15. The van der Waals surface area contributed by atoms with Gasteiger partial charge in [0.1, 0.15) is 5.69 Å². The predicted octanol–water partition coefficient (Wildman–Crippen LogP) is 2.40. The van der Waals surface area contributed by atoms with E-state index in [4.69, 9.17) is 0 Å². The van der Waals surface area contributed by atoms with Crippen molar-refractivity contribution in [3.05, 3.63) is 56.0 Å². The summed E-state index contributed by atoms with van der Waals surface area (Å²) in [4.78, 5) is 21.7. The van der Waals surface area contributed by atoms with Crippen LogP contribution in [0.5, 0.6) is 0 Å². The molecule has 1 heterocycles. The van der Waals surface area contributed by atoms with Crippen molar-refractivity contribution < 1.29 is 18.1 Å². The summed E-state index contributed by atoms with van der Waals surface area (Å²) in [6, 6.07) is 4.76. The Hall–Kier alpha value is -2.58. The zero-order valence-corrected chi connectivity index (χ0v) is 10.1. The minimum atomic E-state index is -4.70. The van der Waals surface area contributed by atoms with Crippen LogP contribution < -0.4 is 5.56 Å². The Labute approximate surface area is 109 Å². The van der Waals surface area contributed by atoms with Crippen LogP contribution in [0.15, 0.2) is 29.1 Å². The molecular weight excluding hydrogens is 279 g/mol. The minimum absolute atomic E-state index is 0.0391. The van der Waals surface area contributed by atoms with Gasteiger partial charge in [0, 0.05) is 17.7 Å². The van der Waals surface area contributed by atoms with Crippen LogP contribution in [0, 0.1) is 17.0 Å². The molecule has 1 aromatic heterocycles. The van der Waals surface area contributed by atoms with Gasteiger partial charge in [0.25, 0.3) is 11.2 Å². The first-order chi connectivity index (χ1) is 9.21. The highest BCUT2D eigenvalue weighted by Gasteiger charge is 2.36. The number of hydrogen-bond donors (Lipinski definition) is 1. The zero-order chi connectivity index (χ0) is 15.1. The van der Waals surface area contributed by atoms with Crippen LogP contribution in [0.25, 0.3) is 5.69 Å². The molecule has 1 aromatic carbocycles. The molecule has 6 nitrogen and oxygen atoms in total. The Morgan fingerprint density at radius 3 is 2.50 bits per heavy atom. The third kappa shape index (κ3) is 2.29. The Bertz CT molecular complexity index is 730. The van der Waals surface area contributed by atoms with Gasteiger partial charge in [0.15, 0.2) is 0 Å². The van der Waals surface area contributed by atoms with Gasteiger partial charge >= 0.3 is 6.18 Å². The van der Waals surface area contributed by atoms with E-state index in [0.717, 1.165) is 13.0 Å². The largest absolute Gasteiger partial charge is 0.433 e. The maximum Gasteiger partial charge on any atom is 0.433 e. The molecule has 0 aliphatic carbocycles. The first-order valence-electron chi connectivity index (χ1n) is 5.35. The van der Waals surface area contributed by atoms with Crippen LogP contribution in [-0.4, -0.2) is 14.7 Å². The Balaban J connectivity index is 2.63. The van der Waals surface area contributed by atoms with Crippen LogP contribution in [0.1, 0.15) is 11.3 Å². The molecule has 9 heteroatoms. The van der Waals surface area contributed by atoms with Crippen molar-refractivity contribution in [1.29, 1.82) is 0 Å². The molecule has 0 radical (unpaired) electrons. The molecule has 106 valence electrons. The van der Waals surface area contributed by atoms with E-state index < -0.39 is 27.9 Å². The average Bonchev–Trinajstić information content (AvgIpc) is 2.66. The number of benzene rings is 1. The average molecular weight is 287 g/mol. The molecule has 2 aromatic rings. The summed E-state index contributed by atoms with van der Waals surface area (Å²) < 4.78 is 38.7. The number of nitrogens with zero attached hydrogens (tertiary/aromatic N) is 2. The standard InChI is InChI=1S/C11H8F3N3O3/c1-6-9(11(12,13)14)15-16(10(6)18)7-3-2-4-8(5-7)17(19)20/h2-5,15H,1H3. The summed E-state index contributed by atoms with van der Waals surface area (Å²) in [5, 5.41) is 12.6. The van der Waals surface area contributed by atoms with E-state index in [1.54, 1.807) is 0 Å². The first-order valence-corrected chi connectivity index (χ1v) is 5.35. The van der Waals surface area contributed by atoms with E-state index in [2.05, 4.69) is 0 Å². The van der Waals surface area contributed by atoms with E-state index in [1.807, 2.05) is 5.10 Å². The summed E-state index contributed by atoms with van der Waals surface area (Å²) in [5.41, 5.74) is -2.94. The lowest BCUT2D eigenvalue weighted by atomic mass is 10.2. The van der Waals surface area contributed by atoms with Gasteiger partial charge in [-0.15, -0.1) is 0 Å². The van der Waals surface area contributed by atoms with Gasteiger partial charge in [0.2, 0.25) is 0 Å². The van der Waals surface area contributed by atoms with Crippen LogP contribution >= 0.6 is 0 Å². The number of nitrogens with one attached hydrogen (secondary N) is 1. The summed E-state index contributed by atoms with van der Waals surface area (Å²) in [6.07, 6.45) is -4.70. The van der Waals surface area contributed by atoms with Crippen molar-refractivity contribution in [2.45, 2.75) is 13.1 Å². The number of non-ortho nitro benzene ring substituents is 1. The number of alkyl halides is 3. The molecule has 2 rings (SSSR count). The summed E-state index contributed by atoms with van der Waals surface area (Å²) in [5.74, 6) is 0. The fraction of sp³-hybridized carbons (Fsp3) is 0.182. The highest BCUT2D eigenvalue weighted by Crippen LogP contribution is 2.29. The molecule has 0 fully saturated rings. The van der Waals surface area contributed by atoms with Crippen molar-refractivity contribution in [2.75, 3.05) is 0 Å². The topological polar surface area (TPSA) is 80.9 Å². The molecule has 0 unspecified atom stereocenters. The first kappa shape index (κ1) is 13.8. The number of hydrogen-bond acceptors (Lipinski definition) is 3. The fourth-order valence-corrected chi connectivity index (χ4v) is 1.72. The van der Waals surface area contributed by atoms with Crippen LogP contribution in [0.4, 0.5) is 18.9 Å². The Morgan fingerprint density at radius 2 is 2.00 bits per heavy atom. The van der Waals surface area contributed by atoms with Crippen LogP contribution in [-0.2, 0) is 6.18 Å². The summed E-state index contributed by atoms with van der Waals surface area (Å²) in [7, 11) is 0. The fourth-order valence-electron chi connectivity index (χ4n) is 1.72. The van der Waals surface area contributed by atoms with Gasteiger partial charge in [0.05, 0.1) is 10.6 Å². The lowest BCUT2D eigenvalue weighted by molar-refractivity contribution is -0.384. The molecule has 0 aliphatic rings. The Morgan fingerprint density at radius 1 is 1.35 bits per heavy atom. The monoisotopic (exact) mass is 287 g/mol. The van der Waals surface area contributed by atoms with E-state index in [-0.39, 0.29) is 11.4 Å². The van der Waals surface area contributed by atoms with Gasteiger partial charge in [-0.05, 0) is 13.0 Å². The van der Waals surface area contributed by atoms with E-state index >= 15 is 0 Å². The van der Waals surface area contributed by atoms with Crippen molar-refractivity contribution >= 4 is 5.69 Å². The normalized spacial score (nSPS) is 11.6. The zero-order valence-electron chi connectivity index (χ0n) is 10.1. The van der Waals surface area contributed by atoms with Crippen molar-refractivity contribution in [3.63, 3.8) is 0 Å². The number of nitro benzene ring substituents is 1. The molecule has 1 N–H and O–H groups in total. The number of aromatic amines is 1. The highest BCUT2D eigenvalue weighted by molar-refractivity contribution is 5.43. The second kappa shape index (κ2) is 4.51. The van der Waals surface area contributed by atoms with Crippen molar-refractivity contribution in [1.82, 2.24) is 9.78 Å². The van der Waals surface area contributed by atoms with Crippen LogP contribution in [0.3, 0.4) is 0 Å². The maximum atomic E-state index is 12.7. The molecule has 0 saturated heterocycles. The van der Waals surface area contributed by atoms with Crippen molar-refractivity contribution in [3.8, 4) is 5.69 Å². The molecule has 0 bridgehead atoms. The third-order valence-electron chi connectivity index (χ3n) is 2.70. The van der Waals surface area contributed by atoms with Crippen molar-refractivity contribution in [2.24, 2.45) is 0 Å². The third-order valence-corrected chi connectivity index (χ3v) is 2.70. The van der Waals surface area contributed by atoms with E-state index in [9.17, 15) is 28.1 Å². The molecule has 0 saturated carbocycles. The van der Waals surface area contributed by atoms with Gasteiger partial charge in [-0.25, -0.2) is 4.68 Å². The summed E-state index contributed by atoms with van der Waals surface area (Å²) in [6.45, 7) is 1.04. The summed E-state index contributed by atoms with van der Waals surface area (Å²) >= 11 is 0. The van der Waals surface area contributed by atoms with Crippen LogP contribution in [0.2, 0.25) is 0 Å². The number of halogens is 3. The SMILES string of the molecule is Cc1c(C(F)(F)F)[nH]n(-c2cccc([N+](=O)[O-])c2)c1=O. The number of aromatic nitrogens is 2. The van der Waals surface area contributed by atoms with E-state index in [1.165, 1.54) is 18.2 Å². The van der Waals surface area contributed by atoms with Gasteiger partial charge in [-0.2, -0.15) is 13.2 Å². The van der Waals surface area contributed by atoms with Gasteiger partial charge < -0.3 is 0 Å². The molecule has 0 aliphatic heterocycles. The molecule has 0 spiro atoms. The van der Waals surface area contributed by atoms with E-state index in [0.29, 0.717) is 4.68 Å². The Kier molecular flexibility index (Phi) is 3.12. The second-order valence-electron chi connectivity index (χ2n) is 4.03. The maximum absolute atomic E-state index is 12.7.